The second-order valence-electron chi connectivity index (χ2n) is 6.46. The summed E-state index contributed by atoms with van der Waals surface area (Å²) in [7, 11) is 0. The summed E-state index contributed by atoms with van der Waals surface area (Å²) in [6.45, 7) is 10.4. The van der Waals surface area contributed by atoms with E-state index < -0.39 is 0 Å². The quantitative estimate of drug-likeness (QED) is 0.877. The van der Waals surface area contributed by atoms with Crippen LogP contribution in [0.25, 0.3) is 0 Å². The first kappa shape index (κ1) is 16.1. The maximum absolute atomic E-state index is 12.4. The van der Waals surface area contributed by atoms with E-state index in [-0.39, 0.29) is 11.9 Å². The van der Waals surface area contributed by atoms with Crippen molar-refractivity contribution in [2.24, 2.45) is 5.41 Å². The average molecular weight is 310 g/mol. The van der Waals surface area contributed by atoms with Crippen LogP contribution in [-0.2, 0) is 0 Å². The first-order valence-corrected chi connectivity index (χ1v) is 8.50. The van der Waals surface area contributed by atoms with Crippen molar-refractivity contribution in [3.63, 3.8) is 0 Å². The monoisotopic (exact) mass is 310 g/mol. The van der Waals surface area contributed by atoms with Gasteiger partial charge in [0.15, 0.2) is 5.13 Å². The largest absolute Gasteiger partial charge is 0.382 e. The highest BCUT2D eigenvalue weighted by Crippen LogP contribution is 2.37. The van der Waals surface area contributed by atoms with Gasteiger partial charge < -0.3 is 16.0 Å². The molecular weight excluding hydrogens is 284 g/mol. The Balaban J connectivity index is 2.06. The van der Waals surface area contributed by atoms with Gasteiger partial charge >= 0.3 is 0 Å². The molecule has 118 valence electrons. The number of thiazole rings is 1. The van der Waals surface area contributed by atoms with Gasteiger partial charge in [0.25, 0.3) is 5.91 Å². The fourth-order valence-corrected chi connectivity index (χ4v) is 3.94. The first-order valence-electron chi connectivity index (χ1n) is 7.68. The van der Waals surface area contributed by atoms with Gasteiger partial charge in [-0.3, -0.25) is 4.79 Å². The maximum atomic E-state index is 12.4. The summed E-state index contributed by atoms with van der Waals surface area (Å²) in [6, 6.07) is 0.255. The molecule has 0 bridgehead atoms. The number of nitrogen functional groups attached to an aromatic ring is 1. The zero-order chi connectivity index (χ0) is 15.6. The highest BCUT2D eigenvalue weighted by molar-refractivity contribution is 7.18. The van der Waals surface area contributed by atoms with E-state index in [1.165, 1.54) is 11.3 Å². The standard InChI is InChI=1S/C15H26N4OS/c1-5-19(6-2)14-18-12(16)11(21-14)13(20)17-10-7-8-15(3,4)9-10/h10H,5-9,16H2,1-4H3,(H,17,20). The van der Waals surface area contributed by atoms with Crippen molar-refractivity contribution in [3.05, 3.63) is 4.88 Å². The molecule has 3 N–H and O–H groups in total. The molecule has 1 atom stereocenters. The fraction of sp³-hybridized carbons (Fsp3) is 0.733. The van der Waals surface area contributed by atoms with Crippen LogP contribution in [0.3, 0.4) is 0 Å². The Morgan fingerprint density at radius 1 is 1.48 bits per heavy atom. The third-order valence-corrected chi connectivity index (χ3v) is 5.32. The minimum Gasteiger partial charge on any atom is -0.382 e. The minimum absolute atomic E-state index is 0.0777. The van der Waals surface area contributed by atoms with E-state index in [0.717, 1.165) is 37.5 Å². The molecule has 0 saturated heterocycles. The topological polar surface area (TPSA) is 71.2 Å². The van der Waals surface area contributed by atoms with Crippen molar-refractivity contribution in [1.82, 2.24) is 10.3 Å². The Bertz CT molecular complexity index is 508. The number of anilines is 2. The second kappa shape index (κ2) is 6.22. The lowest BCUT2D eigenvalue weighted by molar-refractivity contribution is 0.0941. The molecular formula is C15H26N4OS. The van der Waals surface area contributed by atoms with Gasteiger partial charge in [-0.2, -0.15) is 0 Å². The van der Waals surface area contributed by atoms with E-state index in [4.69, 9.17) is 5.73 Å². The van der Waals surface area contributed by atoms with Gasteiger partial charge in [-0.25, -0.2) is 4.98 Å². The van der Waals surface area contributed by atoms with Crippen molar-refractivity contribution >= 4 is 28.2 Å². The van der Waals surface area contributed by atoms with Crippen LogP contribution in [0.2, 0.25) is 0 Å². The Hall–Kier alpha value is -1.30. The number of nitrogens with one attached hydrogen (secondary N) is 1. The van der Waals surface area contributed by atoms with Crippen LogP contribution < -0.4 is 16.0 Å². The number of carbonyl (C=O) groups is 1. The van der Waals surface area contributed by atoms with E-state index in [9.17, 15) is 4.79 Å². The third-order valence-electron chi connectivity index (χ3n) is 4.19. The summed E-state index contributed by atoms with van der Waals surface area (Å²) in [4.78, 5) is 19.4. The predicted octanol–water partition coefficient (Wildman–Crippen LogP) is 2.88. The van der Waals surface area contributed by atoms with E-state index in [1.54, 1.807) is 0 Å². The van der Waals surface area contributed by atoms with Gasteiger partial charge in [0.2, 0.25) is 0 Å². The number of hydrogen-bond donors (Lipinski definition) is 2. The molecule has 1 saturated carbocycles. The average Bonchev–Trinajstić information content (AvgIpc) is 2.94. The molecule has 1 amide bonds. The number of nitrogens with two attached hydrogens (primary N) is 1. The van der Waals surface area contributed by atoms with Crippen LogP contribution in [0.15, 0.2) is 0 Å². The van der Waals surface area contributed by atoms with Gasteiger partial charge in [0.05, 0.1) is 0 Å². The molecule has 1 aliphatic carbocycles. The van der Waals surface area contributed by atoms with Crippen molar-refractivity contribution in [2.45, 2.75) is 53.0 Å². The molecule has 21 heavy (non-hydrogen) atoms. The molecule has 0 aliphatic heterocycles. The number of amides is 1. The predicted molar refractivity (Wildman–Crippen MR) is 89.0 cm³/mol. The molecule has 2 rings (SSSR count). The highest BCUT2D eigenvalue weighted by Gasteiger charge is 2.32. The molecule has 1 aromatic rings. The van der Waals surface area contributed by atoms with Crippen LogP contribution in [-0.4, -0.2) is 30.0 Å². The zero-order valence-electron chi connectivity index (χ0n) is 13.4. The van der Waals surface area contributed by atoms with Crippen molar-refractivity contribution in [2.75, 3.05) is 23.7 Å². The van der Waals surface area contributed by atoms with E-state index in [2.05, 4.69) is 42.9 Å². The number of aromatic nitrogens is 1. The lowest BCUT2D eigenvalue weighted by atomic mass is 9.92. The van der Waals surface area contributed by atoms with Gasteiger partial charge in [-0.15, -0.1) is 0 Å². The number of nitrogens with zero attached hydrogens (tertiary/aromatic N) is 2. The van der Waals surface area contributed by atoms with Crippen molar-refractivity contribution < 1.29 is 4.79 Å². The maximum Gasteiger partial charge on any atom is 0.265 e. The highest BCUT2D eigenvalue weighted by atomic mass is 32.1. The molecule has 1 aromatic heterocycles. The summed E-state index contributed by atoms with van der Waals surface area (Å²) in [6.07, 6.45) is 3.22. The summed E-state index contributed by atoms with van der Waals surface area (Å²) in [5.74, 6) is 0.266. The number of hydrogen-bond acceptors (Lipinski definition) is 5. The second-order valence-corrected chi connectivity index (χ2v) is 7.44. The Morgan fingerprint density at radius 2 is 2.14 bits per heavy atom. The Morgan fingerprint density at radius 3 is 2.67 bits per heavy atom. The van der Waals surface area contributed by atoms with Crippen LogP contribution in [0.1, 0.15) is 56.6 Å². The van der Waals surface area contributed by atoms with Crippen LogP contribution in [0, 0.1) is 5.41 Å². The third kappa shape index (κ3) is 3.67. The summed E-state index contributed by atoms with van der Waals surface area (Å²) in [5, 5.41) is 3.94. The molecule has 1 aliphatic rings. The zero-order valence-corrected chi connectivity index (χ0v) is 14.2. The molecule has 6 heteroatoms. The fourth-order valence-electron chi connectivity index (χ4n) is 2.92. The van der Waals surface area contributed by atoms with E-state index >= 15 is 0 Å². The summed E-state index contributed by atoms with van der Waals surface area (Å²) >= 11 is 1.39. The molecule has 0 aromatic carbocycles. The molecule has 1 heterocycles. The first-order chi connectivity index (χ1) is 9.86. The molecule has 1 unspecified atom stereocenters. The number of rotatable bonds is 5. The Kier molecular flexibility index (Phi) is 4.76. The van der Waals surface area contributed by atoms with Crippen LogP contribution in [0.5, 0.6) is 0 Å². The molecule has 0 spiro atoms. The normalized spacial score (nSPS) is 20.5. The van der Waals surface area contributed by atoms with E-state index in [0.29, 0.717) is 16.1 Å². The lowest BCUT2D eigenvalue weighted by Crippen LogP contribution is -2.33. The molecule has 0 radical (unpaired) electrons. The van der Waals surface area contributed by atoms with Crippen LogP contribution >= 0.6 is 11.3 Å². The lowest BCUT2D eigenvalue weighted by Gasteiger charge is -2.17. The van der Waals surface area contributed by atoms with Gasteiger partial charge in [0.1, 0.15) is 10.7 Å². The number of carbonyl (C=O) groups excluding carboxylic acids is 1. The minimum atomic E-state index is -0.0777. The van der Waals surface area contributed by atoms with E-state index in [1.807, 2.05) is 0 Å². The molecule has 5 nitrogen and oxygen atoms in total. The summed E-state index contributed by atoms with van der Waals surface area (Å²) in [5.41, 5.74) is 6.25. The van der Waals surface area contributed by atoms with Gasteiger partial charge in [-0.05, 0) is 38.5 Å². The molecule has 1 fully saturated rings. The van der Waals surface area contributed by atoms with Crippen molar-refractivity contribution in [3.8, 4) is 0 Å². The SMILES string of the molecule is CCN(CC)c1nc(N)c(C(=O)NC2CCC(C)(C)C2)s1. The van der Waals surface area contributed by atoms with Gasteiger partial charge in [0, 0.05) is 19.1 Å². The summed E-state index contributed by atoms with van der Waals surface area (Å²) < 4.78 is 0. The smallest absolute Gasteiger partial charge is 0.265 e. The van der Waals surface area contributed by atoms with Gasteiger partial charge in [-0.1, -0.05) is 25.2 Å². The Labute approximate surface area is 130 Å². The van der Waals surface area contributed by atoms with Crippen LogP contribution in [0.4, 0.5) is 10.9 Å². The van der Waals surface area contributed by atoms with Crippen molar-refractivity contribution in [1.29, 1.82) is 0 Å².